The molecule has 7 heteroatoms. The van der Waals surface area contributed by atoms with Crippen molar-refractivity contribution in [1.82, 2.24) is 14.9 Å². The molecule has 3 heterocycles. The monoisotopic (exact) mass is 446 g/mol. The molecule has 0 saturated carbocycles. The topological polar surface area (TPSA) is 70.5 Å². The van der Waals surface area contributed by atoms with E-state index in [1.165, 1.54) is 0 Å². The lowest BCUT2D eigenvalue weighted by Gasteiger charge is -2.26. The molecule has 1 fully saturated rings. The van der Waals surface area contributed by atoms with Crippen LogP contribution in [0.15, 0.2) is 66.0 Å². The van der Waals surface area contributed by atoms with Gasteiger partial charge in [-0.2, -0.15) is 0 Å². The predicted molar refractivity (Wildman–Crippen MR) is 129 cm³/mol. The van der Waals surface area contributed by atoms with E-state index in [4.69, 9.17) is 14.7 Å². The van der Waals surface area contributed by atoms with Crippen molar-refractivity contribution in [2.45, 2.75) is 12.6 Å². The molecule has 0 radical (unpaired) electrons. The van der Waals surface area contributed by atoms with Gasteiger partial charge in [0, 0.05) is 24.0 Å². The number of hydrogen-bond donors (Lipinski definition) is 2. The maximum absolute atomic E-state index is 10.2. The van der Waals surface area contributed by atoms with Crippen LogP contribution in [0.1, 0.15) is 17.4 Å². The summed E-state index contributed by atoms with van der Waals surface area (Å²) in [5.74, 6) is 1.55. The van der Waals surface area contributed by atoms with E-state index in [9.17, 15) is 5.11 Å². The summed E-state index contributed by atoms with van der Waals surface area (Å²) in [5, 5.41) is 16.8. The van der Waals surface area contributed by atoms with E-state index < -0.39 is 0 Å². The minimum atomic E-state index is -0.255. The van der Waals surface area contributed by atoms with E-state index in [1.807, 2.05) is 48.5 Å². The Bertz CT molecular complexity index is 1160. The summed E-state index contributed by atoms with van der Waals surface area (Å²) in [4.78, 5) is 13.1. The number of aromatic nitrogens is 2. The van der Waals surface area contributed by atoms with Crippen molar-refractivity contribution in [1.29, 1.82) is 0 Å². The quantitative estimate of drug-likeness (QED) is 0.440. The Morgan fingerprint density at radius 3 is 2.44 bits per heavy atom. The highest BCUT2D eigenvalue weighted by atomic mass is 32.1. The molecule has 2 aromatic heterocycles. The summed E-state index contributed by atoms with van der Waals surface area (Å²) < 4.78 is 5.48. The molecule has 4 aromatic rings. The normalized spacial score (nSPS) is 15.7. The molecule has 0 spiro atoms. The van der Waals surface area contributed by atoms with Crippen molar-refractivity contribution < 1.29 is 9.84 Å². The maximum atomic E-state index is 10.2. The van der Waals surface area contributed by atoms with Crippen LogP contribution in [-0.2, 0) is 11.3 Å². The molecule has 1 aliphatic rings. The minimum absolute atomic E-state index is 0.0287. The van der Waals surface area contributed by atoms with Gasteiger partial charge in [-0.15, -0.1) is 11.3 Å². The summed E-state index contributed by atoms with van der Waals surface area (Å²) in [6.45, 7) is 3.90. The smallest absolute Gasteiger partial charge is 0.146 e. The Morgan fingerprint density at radius 2 is 1.72 bits per heavy atom. The zero-order chi connectivity index (χ0) is 21.8. The third-order valence-electron chi connectivity index (χ3n) is 5.73. The molecule has 2 N–H and O–H groups in total. The number of aliphatic hydroxyl groups is 1. The molecule has 5 rings (SSSR count). The Kier molecular flexibility index (Phi) is 6.41. The third-order valence-corrected chi connectivity index (χ3v) is 6.60. The van der Waals surface area contributed by atoms with Gasteiger partial charge in [0.05, 0.1) is 37.8 Å². The first-order valence-corrected chi connectivity index (χ1v) is 11.8. The van der Waals surface area contributed by atoms with Gasteiger partial charge in [-0.05, 0) is 11.1 Å². The second kappa shape index (κ2) is 9.75. The third kappa shape index (κ3) is 4.52. The first-order valence-electron chi connectivity index (χ1n) is 10.9. The summed E-state index contributed by atoms with van der Waals surface area (Å²) in [7, 11) is 0. The number of rotatable bonds is 7. The van der Waals surface area contributed by atoms with E-state index in [2.05, 4.69) is 27.7 Å². The minimum Gasteiger partial charge on any atom is -0.394 e. The van der Waals surface area contributed by atoms with Crippen molar-refractivity contribution in [2.75, 3.05) is 38.2 Å². The number of benzene rings is 2. The fourth-order valence-corrected chi connectivity index (χ4v) is 5.00. The molecule has 6 nitrogen and oxygen atoms in total. The zero-order valence-electron chi connectivity index (χ0n) is 17.8. The number of ether oxygens (including phenoxy) is 1. The molecule has 164 valence electrons. The lowest BCUT2D eigenvalue weighted by Crippen LogP contribution is -2.36. The van der Waals surface area contributed by atoms with E-state index in [-0.39, 0.29) is 12.6 Å². The number of aliphatic hydroxyl groups excluding tert-OH is 1. The van der Waals surface area contributed by atoms with Crippen LogP contribution in [0, 0.1) is 0 Å². The number of morpholine rings is 1. The fraction of sp³-hybridized carbons (Fsp3) is 0.280. The molecule has 1 aliphatic heterocycles. The Hall–Kier alpha value is -2.84. The molecular weight excluding hydrogens is 420 g/mol. The van der Waals surface area contributed by atoms with Crippen LogP contribution in [0.25, 0.3) is 21.3 Å². The van der Waals surface area contributed by atoms with E-state index in [0.29, 0.717) is 6.54 Å². The van der Waals surface area contributed by atoms with Gasteiger partial charge in [0.2, 0.25) is 0 Å². The zero-order valence-corrected chi connectivity index (χ0v) is 18.6. The number of nitrogens with one attached hydrogen (secondary N) is 1. The van der Waals surface area contributed by atoms with Crippen LogP contribution in [0.4, 0.5) is 5.82 Å². The highest BCUT2D eigenvalue weighted by Crippen LogP contribution is 2.38. The molecule has 1 saturated heterocycles. The second-order valence-corrected chi connectivity index (χ2v) is 8.72. The lowest BCUT2D eigenvalue weighted by atomic mass is 10.0. The van der Waals surface area contributed by atoms with Crippen molar-refractivity contribution >= 4 is 27.4 Å². The SMILES string of the molecule is OCC(Nc1nc(CN2CCOCC2)nc2scc(-c3ccccc3)c12)c1ccccc1. The summed E-state index contributed by atoms with van der Waals surface area (Å²) in [6, 6.07) is 20.0. The Labute approximate surface area is 191 Å². The van der Waals surface area contributed by atoms with E-state index in [1.54, 1.807) is 11.3 Å². The fourth-order valence-electron chi connectivity index (χ4n) is 4.04. The first kappa shape index (κ1) is 21.0. The van der Waals surface area contributed by atoms with Gasteiger partial charge in [0.1, 0.15) is 16.5 Å². The molecule has 0 aliphatic carbocycles. The average molecular weight is 447 g/mol. The van der Waals surface area contributed by atoms with Gasteiger partial charge in [0.25, 0.3) is 0 Å². The van der Waals surface area contributed by atoms with Gasteiger partial charge in [-0.3, -0.25) is 4.90 Å². The van der Waals surface area contributed by atoms with Crippen LogP contribution < -0.4 is 5.32 Å². The van der Waals surface area contributed by atoms with Gasteiger partial charge in [-0.1, -0.05) is 60.7 Å². The van der Waals surface area contributed by atoms with Gasteiger partial charge in [-0.25, -0.2) is 9.97 Å². The summed E-state index contributed by atoms with van der Waals surface area (Å²) in [5.41, 5.74) is 3.26. The van der Waals surface area contributed by atoms with Gasteiger partial charge >= 0.3 is 0 Å². The average Bonchev–Trinajstić information content (AvgIpc) is 3.28. The standard InChI is InChI=1S/C25H26N4O2S/c30-16-21(19-9-5-2-6-10-19)26-24-23-20(18-7-3-1-4-8-18)17-32-25(23)28-22(27-24)15-29-11-13-31-14-12-29/h1-10,17,21,30H,11-16H2,(H,26,27,28). The number of fused-ring (bicyclic) bond motifs is 1. The lowest BCUT2D eigenvalue weighted by molar-refractivity contribution is 0.0331. The van der Waals surface area contributed by atoms with E-state index in [0.717, 1.165) is 64.9 Å². The van der Waals surface area contributed by atoms with Crippen LogP contribution in [0.5, 0.6) is 0 Å². The predicted octanol–water partition coefficient (Wildman–Crippen LogP) is 4.34. The number of hydrogen-bond acceptors (Lipinski definition) is 7. The van der Waals surface area contributed by atoms with E-state index >= 15 is 0 Å². The highest BCUT2D eigenvalue weighted by Gasteiger charge is 2.20. The summed E-state index contributed by atoms with van der Waals surface area (Å²) >= 11 is 1.63. The van der Waals surface area contributed by atoms with Gasteiger partial charge < -0.3 is 15.2 Å². The van der Waals surface area contributed by atoms with Crippen LogP contribution in [0.2, 0.25) is 0 Å². The highest BCUT2D eigenvalue weighted by molar-refractivity contribution is 7.17. The first-order chi connectivity index (χ1) is 15.8. The van der Waals surface area contributed by atoms with Crippen molar-refractivity contribution in [3.05, 3.63) is 77.4 Å². The van der Waals surface area contributed by atoms with Crippen molar-refractivity contribution in [3.63, 3.8) is 0 Å². The molecular formula is C25H26N4O2S. The maximum Gasteiger partial charge on any atom is 0.146 e. The number of anilines is 1. The summed E-state index contributed by atoms with van der Waals surface area (Å²) in [6.07, 6.45) is 0. The molecule has 2 aromatic carbocycles. The number of thiophene rings is 1. The van der Waals surface area contributed by atoms with Crippen molar-refractivity contribution in [2.24, 2.45) is 0 Å². The second-order valence-electron chi connectivity index (χ2n) is 7.86. The molecule has 32 heavy (non-hydrogen) atoms. The largest absolute Gasteiger partial charge is 0.394 e. The number of nitrogens with zero attached hydrogens (tertiary/aromatic N) is 3. The Morgan fingerprint density at radius 1 is 1.00 bits per heavy atom. The van der Waals surface area contributed by atoms with Gasteiger partial charge in [0.15, 0.2) is 0 Å². The van der Waals surface area contributed by atoms with Crippen LogP contribution in [0.3, 0.4) is 0 Å². The van der Waals surface area contributed by atoms with Crippen LogP contribution >= 0.6 is 11.3 Å². The molecule has 0 amide bonds. The van der Waals surface area contributed by atoms with Crippen LogP contribution in [-0.4, -0.2) is 52.9 Å². The Balaban J connectivity index is 1.57. The molecule has 1 atom stereocenters. The van der Waals surface area contributed by atoms with Crippen molar-refractivity contribution in [3.8, 4) is 11.1 Å². The molecule has 1 unspecified atom stereocenters. The molecule has 0 bridgehead atoms.